The van der Waals surface area contributed by atoms with Crippen molar-refractivity contribution in [2.24, 2.45) is 4.99 Å². The highest BCUT2D eigenvalue weighted by atomic mass is 127. The maximum atomic E-state index is 5.69. The van der Waals surface area contributed by atoms with Crippen LogP contribution in [-0.2, 0) is 4.74 Å². The minimum atomic E-state index is 0. The molecule has 3 rings (SSSR count). The van der Waals surface area contributed by atoms with Crippen molar-refractivity contribution in [2.75, 3.05) is 39.8 Å². The second kappa shape index (κ2) is 11.0. The van der Waals surface area contributed by atoms with Crippen molar-refractivity contribution in [1.29, 1.82) is 0 Å². The van der Waals surface area contributed by atoms with Gasteiger partial charge in [-0.3, -0.25) is 9.89 Å². The number of furan rings is 1. The minimum Gasteiger partial charge on any atom is -0.468 e. The van der Waals surface area contributed by atoms with E-state index >= 15 is 0 Å². The Morgan fingerprint density at radius 2 is 2.12 bits per heavy atom. The van der Waals surface area contributed by atoms with Crippen molar-refractivity contribution in [3.8, 4) is 0 Å². The van der Waals surface area contributed by atoms with E-state index in [-0.39, 0.29) is 30.0 Å². The summed E-state index contributed by atoms with van der Waals surface area (Å²) in [6.07, 6.45) is 8.23. The van der Waals surface area contributed by atoms with Gasteiger partial charge in [-0.1, -0.05) is 6.42 Å². The largest absolute Gasteiger partial charge is 0.468 e. The van der Waals surface area contributed by atoms with Crippen LogP contribution in [0, 0.1) is 0 Å². The number of nitrogens with one attached hydrogen (secondary N) is 2. The molecule has 25 heavy (non-hydrogen) atoms. The van der Waals surface area contributed by atoms with Gasteiger partial charge in [-0.25, -0.2) is 0 Å². The number of piperidine rings is 1. The molecule has 0 spiro atoms. The highest BCUT2D eigenvalue weighted by Gasteiger charge is 2.24. The van der Waals surface area contributed by atoms with E-state index in [2.05, 4.69) is 26.6 Å². The fourth-order valence-corrected chi connectivity index (χ4v) is 3.55. The molecule has 2 atom stereocenters. The molecule has 0 amide bonds. The van der Waals surface area contributed by atoms with Gasteiger partial charge in [-0.15, -0.1) is 24.0 Å². The molecule has 6 nitrogen and oxygen atoms in total. The first-order valence-corrected chi connectivity index (χ1v) is 9.20. The zero-order valence-electron chi connectivity index (χ0n) is 15.1. The average molecular weight is 462 g/mol. The van der Waals surface area contributed by atoms with Crippen molar-refractivity contribution in [3.63, 3.8) is 0 Å². The van der Waals surface area contributed by atoms with Gasteiger partial charge >= 0.3 is 0 Å². The third-order valence-corrected chi connectivity index (χ3v) is 4.91. The molecule has 2 aliphatic rings. The summed E-state index contributed by atoms with van der Waals surface area (Å²) < 4.78 is 11.4. The van der Waals surface area contributed by atoms with Crippen LogP contribution in [0.15, 0.2) is 27.8 Å². The maximum Gasteiger partial charge on any atom is 0.191 e. The lowest BCUT2D eigenvalue weighted by Crippen LogP contribution is -2.45. The molecule has 7 heteroatoms. The van der Waals surface area contributed by atoms with E-state index in [4.69, 9.17) is 9.15 Å². The Morgan fingerprint density at radius 3 is 2.76 bits per heavy atom. The Kier molecular flexibility index (Phi) is 9.05. The van der Waals surface area contributed by atoms with E-state index in [1.807, 2.05) is 13.1 Å². The van der Waals surface area contributed by atoms with Crippen LogP contribution in [0.25, 0.3) is 0 Å². The Bertz CT molecular complexity index is 497. The number of aliphatic imine (C=N–C) groups is 1. The van der Waals surface area contributed by atoms with Crippen LogP contribution in [0.2, 0.25) is 0 Å². The lowest BCUT2D eigenvalue weighted by Gasteiger charge is -2.33. The third-order valence-electron chi connectivity index (χ3n) is 4.91. The van der Waals surface area contributed by atoms with Crippen molar-refractivity contribution in [2.45, 2.75) is 44.2 Å². The van der Waals surface area contributed by atoms with E-state index in [1.165, 1.54) is 19.3 Å². The van der Waals surface area contributed by atoms with Gasteiger partial charge in [-0.2, -0.15) is 0 Å². The summed E-state index contributed by atoms with van der Waals surface area (Å²) in [4.78, 5) is 6.85. The standard InChI is InChI=1S/C18H30N4O2.HI/c1-19-18(20-13-15-7-5-11-23-15)21-14-16(17-8-6-12-24-17)22-9-3-2-4-10-22;/h6,8,12,15-16H,2-5,7,9-11,13-14H2,1H3,(H2,19,20,21);1H. The number of guanidine groups is 1. The van der Waals surface area contributed by atoms with Crippen LogP contribution in [0.1, 0.15) is 43.9 Å². The Hall–Kier alpha value is -0.800. The average Bonchev–Trinajstić information content (AvgIpc) is 3.32. The molecule has 2 N–H and O–H groups in total. The van der Waals surface area contributed by atoms with Crippen LogP contribution < -0.4 is 10.6 Å². The molecule has 142 valence electrons. The van der Waals surface area contributed by atoms with E-state index in [0.717, 1.165) is 57.3 Å². The normalized spacial score (nSPS) is 23.1. The first-order chi connectivity index (χ1) is 11.9. The van der Waals surface area contributed by atoms with Crippen LogP contribution in [0.3, 0.4) is 0 Å². The van der Waals surface area contributed by atoms with Gasteiger partial charge in [0.1, 0.15) is 5.76 Å². The zero-order valence-corrected chi connectivity index (χ0v) is 17.4. The summed E-state index contributed by atoms with van der Waals surface area (Å²) in [7, 11) is 1.81. The Labute approximate surface area is 167 Å². The maximum absolute atomic E-state index is 5.69. The number of halogens is 1. The summed E-state index contributed by atoms with van der Waals surface area (Å²) in [6.45, 7) is 4.76. The molecule has 0 radical (unpaired) electrons. The lowest BCUT2D eigenvalue weighted by atomic mass is 10.1. The van der Waals surface area contributed by atoms with Crippen molar-refractivity contribution in [1.82, 2.24) is 15.5 Å². The van der Waals surface area contributed by atoms with E-state index in [9.17, 15) is 0 Å². The second-order valence-corrected chi connectivity index (χ2v) is 6.60. The molecule has 2 saturated heterocycles. The topological polar surface area (TPSA) is 62.0 Å². The molecule has 2 aliphatic heterocycles. The number of nitrogens with zero attached hydrogens (tertiary/aromatic N) is 2. The Morgan fingerprint density at radius 1 is 1.28 bits per heavy atom. The fraction of sp³-hybridized carbons (Fsp3) is 0.722. The van der Waals surface area contributed by atoms with E-state index in [1.54, 1.807) is 6.26 Å². The summed E-state index contributed by atoms with van der Waals surface area (Å²) in [5.74, 6) is 1.86. The first kappa shape index (κ1) is 20.5. The van der Waals surface area contributed by atoms with Crippen LogP contribution in [0.5, 0.6) is 0 Å². The fourth-order valence-electron chi connectivity index (χ4n) is 3.55. The molecule has 1 aromatic heterocycles. The monoisotopic (exact) mass is 462 g/mol. The van der Waals surface area contributed by atoms with Gasteiger partial charge in [0, 0.05) is 26.7 Å². The highest BCUT2D eigenvalue weighted by Crippen LogP contribution is 2.24. The predicted octanol–water partition coefficient (Wildman–Crippen LogP) is 2.77. The summed E-state index contributed by atoms with van der Waals surface area (Å²) in [6, 6.07) is 4.29. The molecule has 0 aliphatic carbocycles. The number of hydrogen-bond donors (Lipinski definition) is 2. The van der Waals surface area contributed by atoms with Gasteiger partial charge in [0.2, 0.25) is 0 Å². The van der Waals surface area contributed by atoms with Gasteiger partial charge < -0.3 is 19.8 Å². The summed E-state index contributed by atoms with van der Waals surface area (Å²) in [5.41, 5.74) is 0. The summed E-state index contributed by atoms with van der Waals surface area (Å²) >= 11 is 0. The minimum absolute atomic E-state index is 0. The molecule has 2 fully saturated rings. The number of likely N-dealkylation sites (tertiary alicyclic amines) is 1. The van der Waals surface area contributed by atoms with Crippen molar-refractivity contribution < 1.29 is 9.15 Å². The van der Waals surface area contributed by atoms with Crippen LogP contribution >= 0.6 is 24.0 Å². The van der Waals surface area contributed by atoms with Crippen molar-refractivity contribution >= 4 is 29.9 Å². The smallest absolute Gasteiger partial charge is 0.191 e. The third kappa shape index (κ3) is 6.14. The molecule has 1 aromatic rings. The first-order valence-electron chi connectivity index (χ1n) is 9.20. The SMILES string of the molecule is CN=C(NCC1CCCO1)NCC(c1ccco1)N1CCCCC1.I. The number of ether oxygens (including phenoxy) is 1. The lowest BCUT2D eigenvalue weighted by molar-refractivity contribution is 0.113. The highest BCUT2D eigenvalue weighted by molar-refractivity contribution is 14.0. The molecule has 0 aromatic carbocycles. The molecular formula is C18H31IN4O2. The van der Waals surface area contributed by atoms with Gasteiger partial charge in [0.05, 0.1) is 18.4 Å². The zero-order chi connectivity index (χ0) is 16.6. The second-order valence-electron chi connectivity index (χ2n) is 6.60. The predicted molar refractivity (Wildman–Crippen MR) is 111 cm³/mol. The van der Waals surface area contributed by atoms with Gasteiger partial charge in [-0.05, 0) is 50.9 Å². The summed E-state index contributed by atoms with van der Waals surface area (Å²) in [5, 5.41) is 6.84. The molecule has 0 bridgehead atoms. The van der Waals surface area contributed by atoms with Gasteiger partial charge in [0.15, 0.2) is 5.96 Å². The molecular weight excluding hydrogens is 431 g/mol. The van der Waals surface area contributed by atoms with E-state index in [0.29, 0.717) is 6.10 Å². The molecule has 2 unspecified atom stereocenters. The van der Waals surface area contributed by atoms with Crippen LogP contribution in [0.4, 0.5) is 0 Å². The number of hydrogen-bond acceptors (Lipinski definition) is 4. The quantitative estimate of drug-likeness (QED) is 0.387. The van der Waals surface area contributed by atoms with E-state index < -0.39 is 0 Å². The Balaban J connectivity index is 0.00000225. The molecule has 0 saturated carbocycles. The molecule has 3 heterocycles. The number of rotatable bonds is 6. The van der Waals surface area contributed by atoms with Crippen molar-refractivity contribution in [3.05, 3.63) is 24.2 Å². The van der Waals surface area contributed by atoms with Gasteiger partial charge in [0.25, 0.3) is 0 Å². The van der Waals surface area contributed by atoms with Crippen LogP contribution in [-0.4, -0.2) is 56.8 Å².